The molecule has 0 saturated carbocycles. The molecule has 0 aromatic heterocycles. The van der Waals surface area contributed by atoms with E-state index in [9.17, 15) is 9.18 Å². The van der Waals surface area contributed by atoms with Crippen LogP contribution in [0.15, 0.2) is 30.0 Å². The van der Waals surface area contributed by atoms with E-state index in [2.05, 4.69) is 0 Å². The van der Waals surface area contributed by atoms with E-state index in [1.807, 2.05) is 39.8 Å². The number of amides is 1. The molecule has 2 saturated heterocycles. The van der Waals surface area contributed by atoms with Gasteiger partial charge in [-0.3, -0.25) is 4.79 Å². The minimum Gasteiger partial charge on any atom is -0.398 e. The Morgan fingerprint density at radius 3 is 2.25 bits per heavy atom. The van der Waals surface area contributed by atoms with Crippen LogP contribution >= 0.6 is 0 Å². The molecule has 0 atom stereocenters. The van der Waals surface area contributed by atoms with Gasteiger partial charge in [-0.25, -0.2) is 4.39 Å². The van der Waals surface area contributed by atoms with Crippen LogP contribution in [0.2, 0.25) is 0 Å². The molecule has 24 heavy (non-hydrogen) atoms. The quantitative estimate of drug-likeness (QED) is 0.792. The minimum absolute atomic E-state index is 0.140. The first kappa shape index (κ1) is 17.2. The van der Waals surface area contributed by atoms with Crippen molar-refractivity contribution in [2.45, 2.75) is 51.7 Å². The highest BCUT2D eigenvalue weighted by Crippen LogP contribution is 2.39. The van der Waals surface area contributed by atoms with Crippen LogP contribution in [0.1, 0.15) is 46.1 Å². The second kappa shape index (κ2) is 6.01. The number of rotatable bonds is 3. The fourth-order valence-electron chi connectivity index (χ4n) is 2.85. The molecule has 4 nitrogen and oxygen atoms in total. The van der Waals surface area contributed by atoms with Gasteiger partial charge in [-0.2, -0.15) is 0 Å². The third-order valence-corrected chi connectivity index (χ3v) is 5.06. The summed E-state index contributed by atoms with van der Waals surface area (Å²) in [6, 6.07) is 7.27. The molecular weight excluding hydrogens is 308 g/mol. The van der Waals surface area contributed by atoms with Crippen LogP contribution in [0, 0.1) is 0 Å². The standard InChI is InChI=1S/C18H23BFNO3/c1-17(2)18(3,4)24-19(23-17)15(20)12-13-7-9-14(10-8-13)21-11-5-6-16(21)22/h7-10,12H,5-6,11H2,1-4H3. The Hall–Kier alpha value is -1.66. The average molecular weight is 331 g/mol. The van der Waals surface area contributed by atoms with Gasteiger partial charge in [-0.15, -0.1) is 0 Å². The van der Waals surface area contributed by atoms with Crippen LogP contribution in [0.5, 0.6) is 0 Å². The number of benzene rings is 1. The molecule has 128 valence electrons. The summed E-state index contributed by atoms with van der Waals surface area (Å²) in [5, 5.41) is 0. The van der Waals surface area contributed by atoms with Crippen LogP contribution < -0.4 is 4.90 Å². The van der Waals surface area contributed by atoms with E-state index in [0.717, 1.165) is 18.7 Å². The zero-order valence-electron chi connectivity index (χ0n) is 14.6. The molecule has 0 spiro atoms. The summed E-state index contributed by atoms with van der Waals surface area (Å²) >= 11 is 0. The zero-order valence-corrected chi connectivity index (χ0v) is 14.6. The molecule has 0 N–H and O–H groups in total. The highest BCUT2D eigenvalue weighted by Gasteiger charge is 2.53. The zero-order chi connectivity index (χ0) is 17.5. The number of halogens is 1. The van der Waals surface area contributed by atoms with Crippen molar-refractivity contribution < 1.29 is 18.5 Å². The highest BCUT2D eigenvalue weighted by atomic mass is 19.1. The molecule has 6 heteroatoms. The predicted octanol–water partition coefficient (Wildman–Crippen LogP) is 3.76. The van der Waals surface area contributed by atoms with Crippen LogP contribution in [-0.2, 0) is 14.1 Å². The number of hydrogen-bond donors (Lipinski definition) is 0. The third-order valence-electron chi connectivity index (χ3n) is 5.06. The smallest absolute Gasteiger partial charge is 0.398 e. The molecule has 1 aromatic carbocycles. The van der Waals surface area contributed by atoms with Crippen molar-refractivity contribution in [3.8, 4) is 0 Å². The number of nitrogens with zero attached hydrogens (tertiary/aromatic N) is 1. The monoisotopic (exact) mass is 331 g/mol. The van der Waals surface area contributed by atoms with Gasteiger partial charge >= 0.3 is 7.12 Å². The Morgan fingerprint density at radius 2 is 1.75 bits per heavy atom. The molecule has 2 heterocycles. The molecule has 0 aliphatic carbocycles. The number of carbonyl (C=O) groups excluding carboxylic acids is 1. The second-order valence-corrected chi connectivity index (χ2v) is 7.36. The van der Waals surface area contributed by atoms with Crippen molar-refractivity contribution in [1.82, 2.24) is 0 Å². The Bertz CT molecular complexity index is 653. The van der Waals surface area contributed by atoms with Crippen LogP contribution in [-0.4, -0.2) is 30.8 Å². The molecule has 0 radical (unpaired) electrons. The van der Waals surface area contributed by atoms with Crippen molar-refractivity contribution in [2.75, 3.05) is 11.4 Å². The first-order valence-electron chi connectivity index (χ1n) is 8.33. The number of carbonyl (C=O) groups is 1. The molecule has 2 fully saturated rings. The molecular formula is C18H23BFNO3. The molecule has 1 amide bonds. The van der Waals surface area contributed by atoms with Crippen molar-refractivity contribution in [1.29, 1.82) is 0 Å². The van der Waals surface area contributed by atoms with Crippen molar-refractivity contribution in [2.24, 2.45) is 0 Å². The van der Waals surface area contributed by atoms with E-state index >= 15 is 0 Å². The Labute approximate surface area is 142 Å². The van der Waals surface area contributed by atoms with Gasteiger partial charge in [0.2, 0.25) is 5.91 Å². The fourth-order valence-corrected chi connectivity index (χ4v) is 2.85. The van der Waals surface area contributed by atoms with Crippen LogP contribution in [0.4, 0.5) is 10.1 Å². The number of hydrogen-bond acceptors (Lipinski definition) is 3. The van der Waals surface area contributed by atoms with Gasteiger partial charge in [0.05, 0.1) is 11.2 Å². The predicted molar refractivity (Wildman–Crippen MR) is 93.2 cm³/mol. The normalized spacial score (nSPS) is 23.2. The minimum atomic E-state index is -0.991. The summed E-state index contributed by atoms with van der Waals surface area (Å²) in [5.74, 6) is 0.140. The van der Waals surface area contributed by atoms with E-state index in [4.69, 9.17) is 9.31 Å². The SMILES string of the molecule is CC1(C)OB(C(F)=Cc2ccc(N3CCCC3=O)cc2)OC1(C)C. The Morgan fingerprint density at radius 1 is 1.17 bits per heavy atom. The third kappa shape index (κ3) is 3.13. The second-order valence-electron chi connectivity index (χ2n) is 7.36. The van der Waals surface area contributed by atoms with Gasteiger partial charge in [0, 0.05) is 18.7 Å². The lowest BCUT2D eigenvalue weighted by atomic mass is 9.87. The van der Waals surface area contributed by atoms with E-state index < -0.39 is 24.0 Å². The summed E-state index contributed by atoms with van der Waals surface area (Å²) < 4.78 is 25.9. The first-order chi connectivity index (χ1) is 11.2. The van der Waals surface area contributed by atoms with Crippen LogP contribution in [0.3, 0.4) is 0 Å². The maximum Gasteiger partial charge on any atom is 0.525 e. The van der Waals surface area contributed by atoms with Gasteiger partial charge < -0.3 is 14.2 Å². The summed E-state index contributed by atoms with van der Waals surface area (Å²) in [6.45, 7) is 8.31. The van der Waals surface area contributed by atoms with Gasteiger partial charge in [-0.1, -0.05) is 12.1 Å². The summed E-state index contributed by atoms with van der Waals surface area (Å²) in [5.41, 5.74) is -0.0343. The summed E-state index contributed by atoms with van der Waals surface area (Å²) in [6.07, 6.45) is 2.90. The van der Waals surface area contributed by atoms with Gasteiger partial charge in [0.15, 0.2) is 0 Å². The first-order valence-corrected chi connectivity index (χ1v) is 8.33. The van der Waals surface area contributed by atoms with E-state index in [0.29, 0.717) is 12.0 Å². The maximum atomic E-state index is 14.5. The van der Waals surface area contributed by atoms with Gasteiger partial charge in [-0.05, 0) is 57.9 Å². The maximum absolute atomic E-state index is 14.5. The fraction of sp³-hybridized carbons (Fsp3) is 0.500. The lowest BCUT2D eigenvalue weighted by molar-refractivity contribution is -0.117. The van der Waals surface area contributed by atoms with E-state index in [-0.39, 0.29) is 5.91 Å². The molecule has 3 rings (SSSR count). The molecule has 1 aromatic rings. The lowest BCUT2D eigenvalue weighted by Gasteiger charge is -2.32. The van der Waals surface area contributed by atoms with Crippen molar-refractivity contribution in [3.63, 3.8) is 0 Å². The average Bonchev–Trinajstić information content (AvgIpc) is 3.01. The van der Waals surface area contributed by atoms with E-state index in [1.54, 1.807) is 17.0 Å². The van der Waals surface area contributed by atoms with Crippen LogP contribution in [0.25, 0.3) is 6.08 Å². The van der Waals surface area contributed by atoms with E-state index in [1.165, 1.54) is 6.08 Å². The van der Waals surface area contributed by atoms with Gasteiger partial charge in [0.1, 0.15) is 5.73 Å². The Kier molecular flexibility index (Phi) is 4.30. The summed E-state index contributed by atoms with van der Waals surface area (Å²) in [7, 11) is -0.991. The van der Waals surface area contributed by atoms with Crippen molar-refractivity contribution in [3.05, 3.63) is 35.6 Å². The molecule has 0 unspecified atom stereocenters. The van der Waals surface area contributed by atoms with Gasteiger partial charge in [0.25, 0.3) is 0 Å². The largest absolute Gasteiger partial charge is 0.525 e. The highest BCUT2D eigenvalue weighted by molar-refractivity contribution is 6.54. The molecule has 2 aliphatic rings. The number of anilines is 1. The summed E-state index contributed by atoms with van der Waals surface area (Å²) in [4.78, 5) is 13.5. The topological polar surface area (TPSA) is 38.8 Å². The lowest BCUT2D eigenvalue weighted by Crippen LogP contribution is -2.41. The molecule has 2 aliphatic heterocycles. The Balaban J connectivity index is 1.73. The molecule has 0 bridgehead atoms. The van der Waals surface area contributed by atoms with Crippen molar-refractivity contribution >= 4 is 24.8 Å².